The van der Waals surface area contributed by atoms with Crippen LogP contribution in [-0.2, 0) is 0 Å². The van der Waals surface area contributed by atoms with Gasteiger partial charge >= 0.3 is 5.76 Å². The number of benzene rings is 1. The summed E-state index contributed by atoms with van der Waals surface area (Å²) in [5, 5.41) is 26.1. The number of hydrogen-bond acceptors (Lipinski definition) is 9. The van der Waals surface area contributed by atoms with Crippen molar-refractivity contribution < 1.29 is 13.5 Å². The number of aromatic nitrogens is 4. The average molecular weight is 357 g/mol. The van der Waals surface area contributed by atoms with E-state index < -0.39 is 11.6 Å². The first-order valence-corrected chi connectivity index (χ1v) is 7.02. The Hall–Kier alpha value is -4.17. The van der Waals surface area contributed by atoms with Gasteiger partial charge in [0.1, 0.15) is 11.9 Å². The van der Waals surface area contributed by atoms with E-state index in [4.69, 9.17) is 10.8 Å². The fraction of sp³-hybridized carbons (Fsp3) is 0.154. The summed E-state index contributed by atoms with van der Waals surface area (Å²) < 4.78 is 23.8. The molecule has 0 saturated carbocycles. The smallest absolute Gasteiger partial charge is 0.365 e. The first-order valence-electron chi connectivity index (χ1n) is 7.02. The third-order valence-corrected chi connectivity index (χ3v) is 3.20. The second-order valence-electron chi connectivity index (χ2n) is 4.73. The van der Waals surface area contributed by atoms with E-state index in [-0.39, 0.29) is 41.7 Å². The van der Waals surface area contributed by atoms with Gasteiger partial charge in [-0.15, -0.1) is 0 Å². The van der Waals surface area contributed by atoms with Crippen molar-refractivity contribution in [1.82, 2.24) is 20.0 Å². The van der Waals surface area contributed by atoms with Gasteiger partial charge in [0, 0.05) is 18.0 Å². The molecule has 12 nitrogen and oxygen atoms in total. The summed E-state index contributed by atoms with van der Waals surface area (Å²) in [7, 11) is 0. The van der Waals surface area contributed by atoms with E-state index in [1.807, 2.05) is 0 Å². The van der Waals surface area contributed by atoms with Crippen LogP contribution in [0.25, 0.3) is 27.6 Å². The van der Waals surface area contributed by atoms with E-state index in [2.05, 4.69) is 40.0 Å². The molecular formula is C13H8FN9O3. The second kappa shape index (κ2) is 7.16. The number of hydrogen-bond donors (Lipinski definition) is 1. The Balaban J connectivity index is 2.02. The number of nitrogens with one attached hydrogen (secondary N) is 1. The van der Waals surface area contributed by atoms with Gasteiger partial charge in [0.15, 0.2) is 5.69 Å². The van der Waals surface area contributed by atoms with Gasteiger partial charge in [-0.05, 0) is 34.0 Å². The van der Waals surface area contributed by atoms with Gasteiger partial charge in [0.25, 0.3) is 0 Å². The van der Waals surface area contributed by atoms with E-state index >= 15 is 0 Å². The highest BCUT2D eigenvalue weighted by atomic mass is 19.1. The summed E-state index contributed by atoms with van der Waals surface area (Å²) in [6.07, 6.45) is 0. The molecule has 0 unspecified atom stereocenters. The van der Waals surface area contributed by atoms with Gasteiger partial charge in [0.2, 0.25) is 11.6 Å². The zero-order valence-electron chi connectivity index (χ0n) is 12.8. The Morgan fingerprint density at radius 2 is 2.27 bits per heavy atom. The predicted molar refractivity (Wildman–Crippen MR) is 82.6 cm³/mol. The molecule has 0 amide bonds. The van der Waals surface area contributed by atoms with Crippen LogP contribution < -0.4 is 11.1 Å². The zero-order chi connectivity index (χ0) is 18.5. The molecule has 2 aromatic heterocycles. The fourth-order valence-corrected chi connectivity index (χ4v) is 2.09. The lowest BCUT2D eigenvalue weighted by atomic mass is 10.2. The number of azide groups is 1. The highest BCUT2D eigenvalue weighted by molar-refractivity contribution is 5.66. The lowest BCUT2D eigenvalue weighted by Gasteiger charge is -2.05. The summed E-state index contributed by atoms with van der Waals surface area (Å²) in [6.45, 7) is 0.362. The van der Waals surface area contributed by atoms with Crippen LogP contribution in [0.2, 0.25) is 0 Å². The molecule has 1 aromatic carbocycles. The van der Waals surface area contributed by atoms with Crippen molar-refractivity contribution in [2.45, 2.75) is 0 Å². The van der Waals surface area contributed by atoms with Gasteiger partial charge in [0.05, 0.1) is 11.3 Å². The van der Waals surface area contributed by atoms with Crippen molar-refractivity contribution in [3.8, 4) is 23.3 Å². The van der Waals surface area contributed by atoms with E-state index in [1.54, 1.807) is 6.07 Å². The lowest BCUT2D eigenvalue weighted by Crippen LogP contribution is -2.14. The third kappa shape index (κ3) is 3.07. The van der Waals surface area contributed by atoms with Gasteiger partial charge in [-0.3, -0.25) is 4.52 Å². The molecule has 0 bridgehead atoms. The summed E-state index contributed by atoms with van der Waals surface area (Å²) >= 11 is 0. The maximum absolute atomic E-state index is 13.5. The van der Waals surface area contributed by atoms with E-state index in [1.165, 1.54) is 12.1 Å². The Bertz CT molecular complexity index is 1090. The molecule has 2 heterocycles. The van der Waals surface area contributed by atoms with Gasteiger partial charge in [-0.1, -0.05) is 10.3 Å². The van der Waals surface area contributed by atoms with Crippen LogP contribution >= 0.6 is 0 Å². The van der Waals surface area contributed by atoms with Crippen molar-refractivity contribution in [1.29, 1.82) is 5.26 Å². The van der Waals surface area contributed by atoms with Crippen molar-refractivity contribution in [3.05, 3.63) is 50.6 Å². The van der Waals surface area contributed by atoms with Crippen LogP contribution in [-0.4, -0.2) is 33.1 Å². The average Bonchev–Trinajstić information content (AvgIpc) is 3.25. The molecule has 26 heavy (non-hydrogen) atoms. The molecule has 0 radical (unpaired) electrons. The van der Waals surface area contributed by atoms with Crippen molar-refractivity contribution >= 4 is 5.82 Å². The quantitative estimate of drug-likeness (QED) is 0.300. The van der Waals surface area contributed by atoms with Gasteiger partial charge in [-0.25, -0.2) is 18.4 Å². The Morgan fingerprint density at radius 1 is 1.42 bits per heavy atom. The molecule has 0 aliphatic rings. The summed E-state index contributed by atoms with van der Waals surface area (Å²) in [5.74, 6) is -1.55. The van der Waals surface area contributed by atoms with Crippen molar-refractivity contribution in [2.24, 2.45) is 5.11 Å². The SMILES string of the molecule is N#Cc1cc(-n2c(-c3nonc3NCCN=[N+]=[N-])noc2=O)ccc1F. The van der Waals surface area contributed by atoms with Gasteiger partial charge in [-0.2, -0.15) is 5.26 Å². The summed E-state index contributed by atoms with van der Waals surface area (Å²) in [4.78, 5) is 14.6. The minimum Gasteiger partial charge on any atom is -0.365 e. The molecule has 13 heteroatoms. The lowest BCUT2D eigenvalue weighted by molar-refractivity contribution is 0.309. The molecule has 0 atom stereocenters. The van der Waals surface area contributed by atoms with Crippen LogP contribution in [0.3, 0.4) is 0 Å². The molecule has 1 N–H and O–H groups in total. The predicted octanol–water partition coefficient (Wildman–Crippen LogP) is 1.61. The van der Waals surface area contributed by atoms with Crippen LogP contribution in [0.5, 0.6) is 0 Å². The maximum atomic E-state index is 13.5. The van der Waals surface area contributed by atoms with E-state index in [9.17, 15) is 9.18 Å². The standard InChI is InChI=1S/C13H8FN9O3/c14-9-2-1-8(5-7(9)6-15)23-12(21-25-13(23)24)10-11(20-26-19-10)17-3-4-18-22-16/h1-2,5H,3-4H2,(H,17,20). The number of halogens is 1. The summed E-state index contributed by atoms with van der Waals surface area (Å²) in [5.41, 5.74) is 8.19. The normalized spacial score (nSPS) is 10.2. The Kier molecular flexibility index (Phi) is 4.59. The maximum Gasteiger partial charge on any atom is 0.446 e. The Morgan fingerprint density at radius 3 is 3.04 bits per heavy atom. The molecule has 3 rings (SSSR count). The highest BCUT2D eigenvalue weighted by Gasteiger charge is 2.23. The first-order chi connectivity index (χ1) is 12.7. The molecule has 130 valence electrons. The third-order valence-electron chi connectivity index (χ3n) is 3.20. The Labute approximate surface area is 143 Å². The van der Waals surface area contributed by atoms with Gasteiger partial charge < -0.3 is 5.32 Å². The zero-order valence-corrected chi connectivity index (χ0v) is 12.8. The first kappa shape index (κ1) is 16.7. The fourth-order valence-electron chi connectivity index (χ4n) is 2.09. The molecular weight excluding hydrogens is 349 g/mol. The second-order valence-corrected chi connectivity index (χ2v) is 4.73. The topological polar surface area (TPSA) is 172 Å². The largest absolute Gasteiger partial charge is 0.446 e. The minimum atomic E-state index is -0.876. The molecule has 0 aliphatic heterocycles. The number of nitriles is 1. The van der Waals surface area contributed by atoms with Crippen LogP contribution in [0.4, 0.5) is 10.2 Å². The number of nitrogens with zero attached hydrogens (tertiary/aromatic N) is 8. The number of anilines is 1. The summed E-state index contributed by atoms with van der Waals surface area (Å²) in [6, 6.07) is 5.17. The van der Waals surface area contributed by atoms with Crippen LogP contribution in [0.1, 0.15) is 5.56 Å². The number of rotatable bonds is 6. The van der Waals surface area contributed by atoms with Crippen LogP contribution in [0, 0.1) is 17.1 Å². The molecule has 0 aliphatic carbocycles. The molecule has 3 aromatic rings. The highest BCUT2D eigenvalue weighted by Crippen LogP contribution is 2.24. The minimum absolute atomic E-state index is 0.0413. The molecule has 0 spiro atoms. The molecule has 0 fully saturated rings. The van der Waals surface area contributed by atoms with E-state index in [0.717, 1.165) is 10.6 Å². The monoisotopic (exact) mass is 357 g/mol. The van der Waals surface area contributed by atoms with E-state index in [0.29, 0.717) is 0 Å². The molecule has 0 saturated heterocycles. The van der Waals surface area contributed by atoms with Crippen molar-refractivity contribution in [3.63, 3.8) is 0 Å². The van der Waals surface area contributed by atoms with Crippen molar-refractivity contribution in [2.75, 3.05) is 18.4 Å². The van der Waals surface area contributed by atoms with Crippen LogP contribution in [0.15, 0.2) is 37.3 Å².